The van der Waals surface area contributed by atoms with Crippen molar-refractivity contribution in [1.82, 2.24) is 4.90 Å². The molecule has 1 amide bonds. The van der Waals surface area contributed by atoms with Crippen LogP contribution in [0.15, 0.2) is 0 Å². The summed E-state index contributed by atoms with van der Waals surface area (Å²) in [5, 5.41) is 0. The fourth-order valence-electron chi connectivity index (χ4n) is 1.80. The summed E-state index contributed by atoms with van der Waals surface area (Å²) in [6.45, 7) is 4.62. The van der Waals surface area contributed by atoms with E-state index < -0.39 is 0 Å². The van der Waals surface area contributed by atoms with Gasteiger partial charge in [0.05, 0.1) is 13.2 Å². The lowest BCUT2D eigenvalue weighted by atomic mass is 10.00. The molecule has 0 aliphatic carbocycles. The summed E-state index contributed by atoms with van der Waals surface area (Å²) in [6.07, 6.45) is 0. The Kier molecular flexibility index (Phi) is 3.69. The fourth-order valence-corrected chi connectivity index (χ4v) is 1.80. The topological polar surface area (TPSA) is 55.6 Å². The maximum absolute atomic E-state index is 11.3. The first-order valence-corrected chi connectivity index (χ1v) is 4.65. The van der Waals surface area contributed by atoms with Gasteiger partial charge in [0.1, 0.15) is 0 Å². The number of hydrogen-bond donors (Lipinski definition) is 1. The van der Waals surface area contributed by atoms with Gasteiger partial charge in [-0.3, -0.25) is 4.79 Å². The number of amides is 1. The molecule has 1 rings (SSSR count). The molecule has 0 spiro atoms. The van der Waals surface area contributed by atoms with Crippen molar-refractivity contribution in [3.63, 3.8) is 0 Å². The summed E-state index contributed by atoms with van der Waals surface area (Å²) in [5.41, 5.74) is 5.29. The molecule has 76 valence electrons. The Morgan fingerprint density at radius 2 is 2.31 bits per heavy atom. The van der Waals surface area contributed by atoms with Gasteiger partial charge in [0.2, 0.25) is 5.91 Å². The molecule has 0 aromatic heterocycles. The van der Waals surface area contributed by atoms with E-state index in [9.17, 15) is 4.79 Å². The van der Waals surface area contributed by atoms with E-state index in [1.54, 1.807) is 7.11 Å². The van der Waals surface area contributed by atoms with Gasteiger partial charge in [0, 0.05) is 26.1 Å². The number of ether oxygens (including phenoxy) is 1. The monoisotopic (exact) mass is 186 g/mol. The van der Waals surface area contributed by atoms with Gasteiger partial charge < -0.3 is 15.4 Å². The summed E-state index contributed by atoms with van der Waals surface area (Å²) in [4.78, 5) is 13.1. The molecule has 2 atom stereocenters. The highest BCUT2D eigenvalue weighted by atomic mass is 16.5. The Balaban J connectivity index is 2.44. The van der Waals surface area contributed by atoms with Crippen LogP contribution in [0.4, 0.5) is 0 Å². The highest BCUT2D eigenvalue weighted by Crippen LogP contribution is 2.22. The number of likely N-dealkylation sites (tertiary alicyclic amines) is 1. The van der Waals surface area contributed by atoms with Crippen LogP contribution in [0.5, 0.6) is 0 Å². The van der Waals surface area contributed by atoms with Gasteiger partial charge in [-0.15, -0.1) is 0 Å². The van der Waals surface area contributed by atoms with Gasteiger partial charge in [-0.2, -0.15) is 0 Å². The molecular weight excluding hydrogens is 168 g/mol. The highest BCUT2D eigenvalue weighted by molar-refractivity contribution is 5.78. The van der Waals surface area contributed by atoms with E-state index in [0.29, 0.717) is 11.8 Å². The van der Waals surface area contributed by atoms with Crippen molar-refractivity contribution in [2.75, 3.05) is 33.4 Å². The molecule has 1 heterocycles. The Labute approximate surface area is 79.0 Å². The number of carbonyl (C=O) groups is 1. The SMILES string of the molecule is COCC1CN(C(=O)CN)CC1C. The van der Waals surface area contributed by atoms with Crippen LogP contribution in [0.25, 0.3) is 0 Å². The first kappa shape index (κ1) is 10.5. The van der Waals surface area contributed by atoms with Gasteiger partial charge >= 0.3 is 0 Å². The van der Waals surface area contributed by atoms with Crippen LogP contribution >= 0.6 is 0 Å². The second-order valence-electron chi connectivity index (χ2n) is 3.70. The number of methoxy groups -OCH3 is 1. The average molecular weight is 186 g/mol. The van der Waals surface area contributed by atoms with Crippen molar-refractivity contribution in [1.29, 1.82) is 0 Å². The minimum atomic E-state index is 0.0467. The second kappa shape index (κ2) is 4.58. The lowest BCUT2D eigenvalue weighted by Gasteiger charge is -2.14. The van der Waals surface area contributed by atoms with Gasteiger partial charge in [-0.05, 0) is 5.92 Å². The van der Waals surface area contributed by atoms with E-state index in [2.05, 4.69) is 6.92 Å². The lowest BCUT2D eigenvalue weighted by Crippen LogP contribution is -2.34. The molecular formula is C9H18N2O2. The zero-order valence-electron chi connectivity index (χ0n) is 8.32. The third-order valence-electron chi connectivity index (χ3n) is 2.68. The van der Waals surface area contributed by atoms with Crippen LogP contribution in [0.3, 0.4) is 0 Å². The maximum atomic E-state index is 11.3. The minimum Gasteiger partial charge on any atom is -0.384 e. The van der Waals surface area contributed by atoms with E-state index in [0.717, 1.165) is 19.7 Å². The molecule has 0 aromatic carbocycles. The molecule has 4 heteroatoms. The van der Waals surface area contributed by atoms with Crippen molar-refractivity contribution in [2.45, 2.75) is 6.92 Å². The van der Waals surface area contributed by atoms with Crippen LogP contribution in [-0.2, 0) is 9.53 Å². The summed E-state index contributed by atoms with van der Waals surface area (Å²) in [6, 6.07) is 0. The number of carbonyl (C=O) groups excluding carboxylic acids is 1. The molecule has 1 aliphatic rings. The van der Waals surface area contributed by atoms with E-state index in [4.69, 9.17) is 10.5 Å². The lowest BCUT2D eigenvalue weighted by molar-refractivity contribution is -0.128. The Morgan fingerprint density at radius 1 is 1.62 bits per heavy atom. The molecule has 1 fully saturated rings. The smallest absolute Gasteiger partial charge is 0.236 e. The van der Waals surface area contributed by atoms with Crippen LogP contribution in [0.2, 0.25) is 0 Å². The Hall–Kier alpha value is -0.610. The fraction of sp³-hybridized carbons (Fsp3) is 0.889. The Morgan fingerprint density at radius 3 is 2.85 bits per heavy atom. The molecule has 0 bridgehead atoms. The molecule has 1 saturated heterocycles. The van der Waals surface area contributed by atoms with Gasteiger partial charge in [-0.1, -0.05) is 6.92 Å². The largest absolute Gasteiger partial charge is 0.384 e. The highest BCUT2D eigenvalue weighted by Gasteiger charge is 2.31. The maximum Gasteiger partial charge on any atom is 0.236 e. The average Bonchev–Trinajstić information content (AvgIpc) is 2.47. The van der Waals surface area contributed by atoms with Crippen molar-refractivity contribution in [3.8, 4) is 0 Å². The molecule has 0 saturated carbocycles. The predicted molar refractivity (Wildman–Crippen MR) is 50.2 cm³/mol. The van der Waals surface area contributed by atoms with Gasteiger partial charge in [-0.25, -0.2) is 0 Å². The van der Waals surface area contributed by atoms with Crippen molar-refractivity contribution >= 4 is 5.91 Å². The molecule has 0 radical (unpaired) electrons. The van der Waals surface area contributed by atoms with Crippen molar-refractivity contribution in [2.24, 2.45) is 17.6 Å². The van der Waals surface area contributed by atoms with E-state index in [1.807, 2.05) is 4.90 Å². The number of nitrogens with two attached hydrogens (primary N) is 1. The summed E-state index contributed by atoms with van der Waals surface area (Å²) in [5.74, 6) is 1.04. The molecule has 13 heavy (non-hydrogen) atoms. The van der Waals surface area contributed by atoms with E-state index >= 15 is 0 Å². The van der Waals surface area contributed by atoms with Crippen molar-refractivity contribution < 1.29 is 9.53 Å². The van der Waals surface area contributed by atoms with Crippen LogP contribution in [0, 0.1) is 11.8 Å². The molecule has 2 unspecified atom stereocenters. The number of nitrogens with zero attached hydrogens (tertiary/aromatic N) is 1. The zero-order valence-corrected chi connectivity index (χ0v) is 8.32. The Bertz CT molecular complexity index is 184. The normalized spacial score (nSPS) is 28.1. The molecule has 0 aromatic rings. The standard InChI is InChI=1S/C9H18N2O2/c1-7-4-11(9(12)3-10)5-8(7)6-13-2/h7-8H,3-6,10H2,1-2H3. The number of rotatable bonds is 3. The van der Waals surface area contributed by atoms with E-state index in [-0.39, 0.29) is 12.5 Å². The molecule has 2 N–H and O–H groups in total. The summed E-state index contributed by atoms with van der Waals surface area (Å²) < 4.78 is 5.09. The predicted octanol–water partition coefficient (Wildman–Crippen LogP) is -0.314. The zero-order chi connectivity index (χ0) is 9.84. The van der Waals surface area contributed by atoms with Gasteiger partial charge in [0.25, 0.3) is 0 Å². The molecule has 4 nitrogen and oxygen atoms in total. The van der Waals surface area contributed by atoms with Crippen molar-refractivity contribution in [3.05, 3.63) is 0 Å². The minimum absolute atomic E-state index is 0.0467. The van der Waals surface area contributed by atoms with Crippen LogP contribution in [0.1, 0.15) is 6.92 Å². The summed E-state index contributed by atoms with van der Waals surface area (Å²) >= 11 is 0. The quantitative estimate of drug-likeness (QED) is 0.657. The van der Waals surface area contributed by atoms with E-state index in [1.165, 1.54) is 0 Å². The van der Waals surface area contributed by atoms with Crippen LogP contribution < -0.4 is 5.73 Å². The van der Waals surface area contributed by atoms with Crippen LogP contribution in [-0.4, -0.2) is 44.2 Å². The molecule has 1 aliphatic heterocycles. The third-order valence-corrected chi connectivity index (χ3v) is 2.68. The second-order valence-corrected chi connectivity index (χ2v) is 3.70. The number of hydrogen-bond acceptors (Lipinski definition) is 3. The first-order chi connectivity index (χ1) is 6.19. The summed E-state index contributed by atoms with van der Waals surface area (Å²) in [7, 11) is 1.69. The first-order valence-electron chi connectivity index (χ1n) is 4.65. The van der Waals surface area contributed by atoms with Gasteiger partial charge in [0.15, 0.2) is 0 Å². The third kappa shape index (κ3) is 2.42.